The van der Waals surface area contributed by atoms with Gasteiger partial charge in [-0.15, -0.1) is 0 Å². The van der Waals surface area contributed by atoms with E-state index in [1.165, 1.54) is 30.8 Å². The van der Waals surface area contributed by atoms with E-state index in [2.05, 4.69) is 38.8 Å². The molecule has 12 heavy (non-hydrogen) atoms. The maximum absolute atomic E-state index is 2.46. The molecule has 0 saturated heterocycles. The van der Waals surface area contributed by atoms with Crippen LogP contribution in [0.3, 0.4) is 0 Å². The second-order valence-electron chi connectivity index (χ2n) is 3.73. The lowest BCUT2D eigenvalue weighted by atomic mass is 10.3. The van der Waals surface area contributed by atoms with Crippen LogP contribution in [-0.4, -0.2) is 34.2 Å². The van der Waals surface area contributed by atoms with Gasteiger partial charge in [0.1, 0.15) is 0 Å². The van der Waals surface area contributed by atoms with Gasteiger partial charge in [-0.05, 0) is 46.1 Å². The highest BCUT2D eigenvalue weighted by Crippen LogP contribution is 1.93. The van der Waals surface area contributed by atoms with Gasteiger partial charge in [-0.2, -0.15) is 0 Å². The molecule has 2 heteroatoms. The van der Waals surface area contributed by atoms with Gasteiger partial charge in [0.2, 0.25) is 0 Å². The third-order valence-corrected chi connectivity index (χ3v) is 3.68. The molecule has 0 bridgehead atoms. The predicted molar refractivity (Wildman–Crippen MR) is 60.6 cm³/mol. The summed E-state index contributed by atoms with van der Waals surface area (Å²) in [6.45, 7) is 7.88. The fourth-order valence-corrected chi connectivity index (χ4v) is 2.97. The molecule has 72 valence electrons. The molecule has 0 spiro atoms. The fourth-order valence-electron chi connectivity index (χ4n) is 1.25. The molecule has 0 saturated carbocycles. The topological polar surface area (TPSA) is 3.24 Å². The maximum Gasteiger partial charge on any atom is 0.0407 e. The molecular weight excluding hydrogens is 162 g/mol. The lowest BCUT2D eigenvalue weighted by Crippen LogP contribution is -2.24. The van der Waals surface area contributed by atoms with Crippen molar-refractivity contribution in [2.75, 3.05) is 19.8 Å². The minimum atomic E-state index is 0.150. The monoisotopic (exact) mass is 185 g/mol. The highest BCUT2D eigenvalue weighted by atomic mass is 28.2. The fraction of sp³-hybridized carbons (Fsp3) is 0.800. The van der Waals surface area contributed by atoms with E-state index < -0.39 is 0 Å². The molecule has 0 N–H and O–H groups in total. The largest absolute Gasteiger partial charge is 0.310 e. The van der Waals surface area contributed by atoms with E-state index >= 15 is 0 Å². The van der Waals surface area contributed by atoms with Crippen LogP contribution in [-0.2, 0) is 0 Å². The molecule has 0 aliphatic carbocycles. The zero-order valence-corrected chi connectivity index (χ0v) is 10.5. The van der Waals surface area contributed by atoms with Crippen LogP contribution in [0.15, 0.2) is 11.6 Å². The van der Waals surface area contributed by atoms with Gasteiger partial charge in [0.05, 0.1) is 0 Å². The Morgan fingerprint density at radius 1 is 1.42 bits per heavy atom. The first-order chi connectivity index (χ1) is 5.66. The quantitative estimate of drug-likeness (QED) is 0.347. The van der Waals surface area contributed by atoms with Gasteiger partial charge < -0.3 is 4.90 Å². The van der Waals surface area contributed by atoms with Crippen LogP contribution in [0.5, 0.6) is 0 Å². The Bertz CT molecular complexity index is 128. The summed E-state index contributed by atoms with van der Waals surface area (Å²) >= 11 is 0. The maximum atomic E-state index is 2.46. The lowest BCUT2D eigenvalue weighted by Gasteiger charge is -2.13. The number of hydrogen-bond donors (Lipinski definition) is 0. The lowest BCUT2D eigenvalue weighted by molar-refractivity contribution is 0.387. The molecule has 0 aromatic carbocycles. The van der Waals surface area contributed by atoms with E-state index in [1.807, 2.05) is 0 Å². The Morgan fingerprint density at radius 2 is 2.08 bits per heavy atom. The SMILES string of the molecule is CCCN(C)C[SiH2]CC=C(C)C. The van der Waals surface area contributed by atoms with E-state index in [0.29, 0.717) is 0 Å². The molecule has 0 aromatic heterocycles. The van der Waals surface area contributed by atoms with Crippen molar-refractivity contribution in [3.05, 3.63) is 11.6 Å². The van der Waals surface area contributed by atoms with E-state index in [-0.39, 0.29) is 9.52 Å². The van der Waals surface area contributed by atoms with Crippen molar-refractivity contribution in [2.45, 2.75) is 33.2 Å². The second kappa shape index (κ2) is 7.56. The minimum Gasteiger partial charge on any atom is -0.310 e. The third kappa shape index (κ3) is 8.02. The molecule has 0 radical (unpaired) electrons. The average molecular weight is 185 g/mol. The van der Waals surface area contributed by atoms with Crippen molar-refractivity contribution in [3.8, 4) is 0 Å². The van der Waals surface area contributed by atoms with Gasteiger partial charge in [0.25, 0.3) is 0 Å². The summed E-state index contributed by atoms with van der Waals surface area (Å²) < 4.78 is 0. The molecule has 0 aromatic rings. The Labute approximate surface area is 79.7 Å². The normalized spacial score (nSPS) is 11.4. The molecule has 0 amide bonds. The van der Waals surface area contributed by atoms with Crippen LogP contribution in [0.2, 0.25) is 6.04 Å². The van der Waals surface area contributed by atoms with Gasteiger partial charge in [0, 0.05) is 9.52 Å². The number of allylic oxidation sites excluding steroid dienone is 2. The molecule has 0 aliphatic rings. The molecule has 0 unspecified atom stereocenters. The standard InChI is InChI=1S/C10H23NSi/c1-5-7-11(4)9-12-8-6-10(2)3/h6H,5,7-9,12H2,1-4H3. The van der Waals surface area contributed by atoms with Crippen molar-refractivity contribution in [3.63, 3.8) is 0 Å². The number of nitrogens with zero attached hydrogens (tertiary/aromatic N) is 1. The second-order valence-corrected chi connectivity index (χ2v) is 5.46. The highest BCUT2D eigenvalue weighted by Gasteiger charge is 1.94. The summed E-state index contributed by atoms with van der Waals surface area (Å²) in [5, 5.41) is 0. The van der Waals surface area contributed by atoms with E-state index in [0.717, 1.165) is 0 Å². The smallest absolute Gasteiger partial charge is 0.0407 e. The highest BCUT2D eigenvalue weighted by molar-refractivity contribution is 6.36. The summed E-state index contributed by atoms with van der Waals surface area (Å²) in [5.41, 5.74) is 1.47. The molecule has 0 aliphatic heterocycles. The summed E-state index contributed by atoms with van der Waals surface area (Å²) in [4.78, 5) is 2.46. The summed E-state index contributed by atoms with van der Waals surface area (Å²) in [6.07, 6.45) is 5.04. The first-order valence-corrected chi connectivity index (χ1v) is 6.98. The van der Waals surface area contributed by atoms with Crippen molar-refractivity contribution in [2.24, 2.45) is 0 Å². The summed E-state index contributed by atoms with van der Waals surface area (Å²) in [5.74, 6) is 0. The molecule has 1 nitrogen and oxygen atoms in total. The number of hydrogen-bond acceptors (Lipinski definition) is 1. The van der Waals surface area contributed by atoms with Crippen LogP contribution in [0, 0.1) is 0 Å². The van der Waals surface area contributed by atoms with Crippen molar-refractivity contribution < 1.29 is 0 Å². The molecule has 0 rings (SSSR count). The van der Waals surface area contributed by atoms with Gasteiger partial charge in [-0.25, -0.2) is 0 Å². The van der Waals surface area contributed by atoms with Gasteiger partial charge >= 0.3 is 0 Å². The Balaban J connectivity index is 3.25. The van der Waals surface area contributed by atoms with Crippen LogP contribution in [0.4, 0.5) is 0 Å². The summed E-state index contributed by atoms with van der Waals surface area (Å²) in [7, 11) is 2.39. The minimum absolute atomic E-state index is 0.150. The van der Waals surface area contributed by atoms with E-state index in [4.69, 9.17) is 0 Å². The van der Waals surface area contributed by atoms with Crippen molar-refractivity contribution >= 4 is 9.52 Å². The average Bonchev–Trinajstić information content (AvgIpc) is 1.98. The summed E-state index contributed by atoms with van der Waals surface area (Å²) in [6, 6.07) is 1.37. The molecule has 0 atom stereocenters. The predicted octanol–water partition coefficient (Wildman–Crippen LogP) is 1.84. The molecule has 0 fully saturated rings. The molecular formula is C10H23NSi. The van der Waals surface area contributed by atoms with Gasteiger partial charge in [-0.3, -0.25) is 0 Å². The number of rotatable bonds is 6. The third-order valence-electron chi connectivity index (χ3n) is 1.90. The van der Waals surface area contributed by atoms with E-state index in [9.17, 15) is 0 Å². The van der Waals surface area contributed by atoms with Crippen molar-refractivity contribution in [1.82, 2.24) is 4.90 Å². The zero-order valence-electron chi connectivity index (χ0n) is 9.06. The first-order valence-electron chi connectivity index (χ1n) is 4.98. The Morgan fingerprint density at radius 3 is 2.58 bits per heavy atom. The Kier molecular flexibility index (Phi) is 7.51. The van der Waals surface area contributed by atoms with Crippen LogP contribution >= 0.6 is 0 Å². The van der Waals surface area contributed by atoms with Gasteiger partial charge in [-0.1, -0.05) is 18.6 Å². The van der Waals surface area contributed by atoms with Crippen LogP contribution in [0.1, 0.15) is 27.2 Å². The first kappa shape index (κ1) is 11.9. The van der Waals surface area contributed by atoms with Crippen molar-refractivity contribution in [1.29, 1.82) is 0 Å². The van der Waals surface area contributed by atoms with Gasteiger partial charge in [0.15, 0.2) is 0 Å². The Hall–Kier alpha value is -0.0831. The van der Waals surface area contributed by atoms with Crippen LogP contribution in [0.25, 0.3) is 0 Å². The van der Waals surface area contributed by atoms with Crippen LogP contribution < -0.4 is 0 Å². The zero-order chi connectivity index (χ0) is 9.40. The molecule has 0 heterocycles. The van der Waals surface area contributed by atoms with E-state index in [1.54, 1.807) is 0 Å².